The molecule has 0 aliphatic heterocycles. The summed E-state index contributed by atoms with van der Waals surface area (Å²) in [6.45, 7) is 2.46. The van der Waals surface area contributed by atoms with E-state index in [4.69, 9.17) is 0 Å². The van der Waals surface area contributed by atoms with E-state index in [0.717, 1.165) is 25.2 Å². The molecule has 0 saturated heterocycles. The fourth-order valence-corrected chi connectivity index (χ4v) is 2.37. The van der Waals surface area contributed by atoms with Gasteiger partial charge in [0.2, 0.25) is 0 Å². The first kappa shape index (κ1) is 14.7. The topological polar surface area (TPSA) is 15.3 Å². The second kappa shape index (κ2) is 7.17. The van der Waals surface area contributed by atoms with Crippen LogP contribution in [0.3, 0.4) is 0 Å². The van der Waals surface area contributed by atoms with Crippen LogP contribution in [0.2, 0.25) is 0 Å². The highest BCUT2D eigenvalue weighted by Gasteiger charge is 2.06. The third kappa shape index (κ3) is 4.15. The van der Waals surface area contributed by atoms with Gasteiger partial charge in [0.1, 0.15) is 5.82 Å². The Morgan fingerprint density at radius 1 is 1.00 bits per heavy atom. The largest absolute Gasteiger partial charge is 0.316 e. The van der Waals surface area contributed by atoms with Gasteiger partial charge in [0.05, 0.1) is 0 Å². The Balaban J connectivity index is 2.02. The van der Waals surface area contributed by atoms with Crippen molar-refractivity contribution in [2.45, 2.75) is 19.6 Å². The predicted molar refractivity (Wildman–Crippen MR) is 80.8 cm³/mol. The minimum absolute atomic E-state index is 0.175. The molecule has 1 N–H and O–H groups in total. The SMILES string of the molecule is CNCc1ccccc1CN(C)Cc1cccc(F)c1. The number of halogens is 1. The molecule has 2 aromatic carbocycles. The Bertz CT molecular complexity index is 554. The molecule has 0 unspecified atom stereocenters. The second-order valence-corrected chi connectivity index (χ2v) is 5.10. The van der Waals surface area contributed by atoms with Crippen LogP contribution in [0, 0.1) is 5.82 Å². The molecular formula is C17H21FN2. The van der Waals surface area contributed by atoms with Crippen molar-refractivity contribution >= 4 is 0 Å². The van der Waals surface area contributed by atoms with Crippen molar-refractivity contribution < 1.29 is 4.39 Å². The minimum Gasteiger partial charge on any atom is -0.316 e. The summed E-state index contributed by atoms with van der Waals surface area (Å²) in [5.74, 6) is -0.175. The van der Waals surface area contributed by atoms with Gasteiger partial charge in [0.25, 0.3) is 0 Å². The van der Waals surface area contributed by atoms with E-state index in [1.54, 1.807) is 12.1 Å². The summed E-state index contributed by atoms with van der Waals surface area (Å²) in [6, 6.07) is 15.2. The minimum atomic E-state index is -0.175. The first-order chi connectivity index (χ1) is 9.69. The van der Waals surface area contributed by atoms with Crippen LogP contribution in [0.5, 0.6) is 0 Å². The van der Waals surface area contributed by atoms with Crippen molar-refractivity contribution in [3.63, 3.8) is 0 Å². The zero-order valence-electron chi connectivity index (χ0n) is 12.1. The maximum Gasteiger partial charge on any atom is 0.123 e. The second-order valence-electron chi connectivity index (χ2n) is 5.10. The van der Waals surface area contributed by atoms with Crippen molar-refractivity contribution in [2.75, 3.05) is 14.1 Å². The molecule has 0 fully saturated rings. The molecule has 2 rings (SSSR count). The maximum absolute atomic E-state index is 13.2. The Kier molecular flexibility index (Phi) is 5.27. The van der Waals surface area contributed by atoms with Crippen molar-refractivity contribution in [2.24, 2.45) is 0 Å². The number of rotatable bonds is 6. The van der Waals surface area contributed by atoms with E-state index in [1.165, 1.54) is 17.2 Å². The van der Waals surface area contributed by atoms with Gasteiger partial charge in [0, 0.05) is 19.6 Å². The normalized spacial score (nSPS) is 11.0. The molecule has 0 aliphatic rings. The lowest BCUT2D eigenvalue weighted by atomic mass is 10.1. The van der Waals surface area contributed by atoms with E-state index in [1.807, 2.05) is 13.1 Å². The first-order valence-electron chi connectivity index (χ1n) is 6.83. The van der Waals surface area contributed by atoms with Gasteiger partial charge in [-0.15, -0.1) is 0 Å². The van der Waals surface area contributed by atoms with Gasteiger partial charge in [-0.05, 0) is 42.9 Å². The summed E-state index contributed by atoms with van der Waals surface area (Å²) in [7, 11) is 4.01. The average molecular weight is 272 g/mol. The molecule has 2 aromatic rings. The lowest BCUT2D eigenvalue weighted by molar-refractivity contribution is 0.317. The standard InChI is InChI=1S/C17H21FN2/c1-19-11-15-7-3-4-8-16(15)13-20(2)12-14-6-5-9-17(18)10-14/h3-10,19H,11-13H2,1-2H3. The van der Waals surface area contributed by atoms with Gasteiger partial charge < -0.3 is 5.32 Å². The summed E-state index contributed by atoms with van der Waals surface area (Å²) in [6.07, 6.45) is 0. The molecule has 0 amide bonds. The van der Waals surface area contributed by atoms with Crippen LogP contribution in [0.25, 0.3) is 0 Å². The lowest BCUT2D eigenvalue weighted by Crippen LogP contribution is -2.19. The molecule has 0 aromatic heterocycles. The highest BCUT2D eigenvalue weighted by atomic mass is 19.1. The molecule has 0 spiro atoms. The summed E-state index contributed by atoms with van der Waals surface area (Å²) in [4.78, 5) is 2.20. The van der Waals surface area contributed by atoms with E-state index < -0.39 is 0 Å². The number of hydrogen-bond acceptors (Lipinski definition) is 2. The Morgan fingerprint density at radius 3 is 2.45 bits per heavy atom. The predicted octanol–water partition coefficient (Wildman–Crippen LogP) is 3.18. The molecule has 0 heterocycles. The molecule has 2 nitrogen and oxygen atoms in total. The summed E-state index contributed by atoms with van der Waals surface area (Å²) in [5.41, 5.74) is 3.61. The summed E-state index contributed by atoms with van der Waals surface area (Å²) < 4.78 is 13.2. The number of benzene rings is 2. The fourth-order valence-electron chi connectivity index (χ4n) is 2.37. The van der Waals surface area contributed by atoms with E-state index in [9.17, 15) is 4.39 Å². The van der Waals surface area contributed by atoms with Crippen LogP contribution in [-0.2, 0) is 19.6 Å². The van der Waals surface area contributed by atoms with Crippen LogP contribution >= 0.6 is 0 Å². The Hall–Kier alpha value is -1.71. The molecule has 0 radical (unpaired) electrons. The monoisotopic (exact) mass is 272 g/mol. The van der Waals surface area contributed by atoms with Gasteiger partial charge in [-0.3, -0.25) is 4.90 Å². The van der Waals surface area contributed by atoms with Crippen molar-refractivity contribution in [3.8, 4) is 0 Å². The van der Waals surface area contributed by atoms with Crippen LogP contribution < -0.4 is 5.32 Å². The third-order valence-electron chi connectivity index (χ3n) is 3.27. The van der Waals surface area contributed by atoms with Crippen LogP contribution in [0.15, 0.2) is 48.5 Å². The molecular weight excluding hydrogens is 251 g/mol. The molecule has 0 atom stereocenters. The van der Waals surface area contributed by atoms with Gasteiger partial charge in [-0.1, -0.05) is 36.4 Å². The highest BCUT2D eigenvalue weighted by Crippen LogP contribution is 2.13. The molecule has 20 heavy (non-hydrogen) atoms. The zero-order chi connectivity index (χ0) is 14.4. The smallest absolute Gasteiger partial charge is 0.123 e. The van der Waals surface area contributed by atoms with Gasteiger partial charge in [0.15, 0.2) is 0 Å². The average Bonchev–Trinajstić information content (AvgIpc) is 2.41. The van der Waals surface area contributed by atoms with Gasteiger partial charge in [-0.2, -0.15) is 0 Å². The molecule has 0 bridgehead atoms. The van der Waals surface area contributed by atoms with Crippen LogP contribution in [0.4, 0.5) is 4.39 Å². The molecule has 0 aliphatic carbocycles. The summed E-state index contributed by atoms with van der Waals surface area (Å²) in [5, 5.41) is 3.19. The Morgan fingerprint density at radius 2 is 1.75 bits per heavy atom. The zero-order valence-corrected chi connectivity index (χ0v) is 12.1. The van der Waals surface area contributed by atoms with Crippen LogP contribution in [-0.4, -0.2) is 19.0 Å². The van der Waals surface area contributed by atoms with Gasteiger partial charge in [-0.25, -0.2) is 4.39 Å². The van der Waals surface area contributed by atoms with E-state index in [-0.39, 0.29) is 5.82 Å². The quantitative estimate of drug-likeness (QED) is 0.869. The number of nitrogens with one attached hydrogen (secondary N) is 1. The Labute approximate surface area is 120 Å². The maximum atomic E-state index is 13.2. The lowest BCUT2D eigenvalue weighted by Gasteiger charge is -2.19. The molecule has 3 heteroatoms. The van der Waals surface area contributed by atoms with Crippen LogP contribution in [0.1, 0.15) is 16.7 Å². The third-order valence-corrected chi connectivity index (χ3v) is 3.27. The number of nitrogens with zero attached hydrogens (tertiary/aromatic N) is 1. The fraction of sp³-hybridized carbons (Fsp3) is 0.294. The molecule has 0 saturated carbocycles. The highest BCUT2D eigenvalue weighted by molar-refractivity contribution is 5.27. The summed E-state index contributed by atoms with van der Waals surface area (Å²) >= 11 is 0. The van der Waals surface area contributed by atoms with Crippen molar-refractivity contribution in [3.05, 3.63) is 71.0 Å². The van der Waals surface area contributed by atoms with Gasteiger partial charge >= 0.3 is 0 Å². The van der Waals surface area contributed by atoms with Crippen molar-refractivity contribution in [1.82, 2.24) is 10.2 Å². The molecule has 106 valence electrons. The van der Waals surface area contributed by atoms with Crippen molar-refractivity contribution in [1.29, 1.82) is 0 Å². The van der Waals surface area contributed by atoms with E-state index in [0.29, 0.717) is 0 Å². The van der Waals surface area contributed by atoms with E-state index >= 15 is 0 Å². The van der Waals surface area contributed by atoms with E-state index in [2.05, 4.69) is 41.5 Å². The first-order valence-corrected chi connectivity index (χ1v) is 6.83. The number of hydrogen-bond donors (Lipinski definition) is 1.